The number of morpholine rings is 1. The SMILES string of the molecule is O=C(NCCCN1CCOCC1)c1c(C(c2ccccc2)c2ccccc2)c2ccccc2n1CCC1CCCN1. The molecule has 6 rings (SSSR count). The number of ether oxygens (including phenoxy) is 1. The number of hydrogen-bond acceptors (Lipinski definition) is 4. The molecule has 6 nitrogen and oxygen atoms in total. The van der Waals surface area contributed by atoms with Crippen LogP contribution in [0.4, 0.5) is 0 Å². The lowest BCUT2D eigenvalue weighted by Crippen LogP contribution is -2.38. The van der Waals surface area contributed by atoms with Crippen LogP contribution in [0.2, 0.25) is 0 Å². The van der Waals surface area contributed by atoms with Gasteiger partial charge in [-0.1, -0.05) is 78.9 Å². The van der Waals surface area contributed by atoms with Crippen molar-refractivity contribution in [1.29, 1.82) is 0 Å². The number of amides is 1. The van der Waals surface area contributed by atoms with Gasteiger partial charge in [-0.15, -0.1) is 0 Å². The second-order valence-electron chi connectivity index (χ2n) is 11.3. The molecule has 0 radical (unpaired) electrons. The maximum atomic E-state index is 14.3. The Morgan fingerprint density at radius 2 is 1.59 bits per heavy atom. The van der Waals surface area contributed by atoms with E-state index in [4.69, 9.17) is 4.74 Å². The van der Waals surface area contributed by atoms with E-state index in [1.165, 1.54) is 24.0 Å². The number of aryl methyl sites for hydroxylation is 1. The van der Waals surface area contributed by atoms with E-state index < -0.39 is 0 Å². The number of nitrogens with one attached hydrogen (secondary N) is 2. The van der Waals surface area contributed by atoms with Gasteiger partial charge in [0.1, 0.15) is 5.69 Å². The fourth-order valence-corrected chi connectivity index (χ4v) is 6.62. The zero-order chi connectivity index (χ0) is 27.9. The molecule has 214 valence electrons. The summed E-state index contributed by atoms with van der Waals surface area (Å²) in [6.07, 6.45) is 4.36. The van der Waals surface area contributed by atoms with Gasteiger partial charge in [0.05, 0.1) is 13.2 Å². The molecule has 0 spiro atoms. The Bertz CT molecular complexity index is 1370. The van der Waals surface area contributed by atoms with Gasteiger partial charge in [0.2, 0.25) is 0 Å². The first-order chi connectivity index (χ1) is 20.3. The summed E-state index contributed by atoms with van der Waals surface area (Å²) >= 11 is 0. The third kappa shape index (κ3) is 6.40. The third-order valence-electron chi connectivity index (χ3n) is 8.68. The minimum Gasteiger partial charge on any atom is -0.379 e. The molecule has 3 aromatic carbocycles. The molecule has 1 unspecified atom stereocenters. The molecule has 1 aromatic heterocycles. The standard InChI is InChI=1S/C35H42N4O2/c40-35(37-20-10-21-38-23-25-41-26-24-38)34-33(32(27-11-3-1-4-12-27)28-13-5-2-6-14-28)30-16-7-8-17-31(30)39(34)22-18-29-15-9-19-36-29/h1-8,11-14,16-17,29,32,36H,9-10,15,18-26H2,(H,37,40). The molecule has 0 aliphatic carbocycles. The molecule has 0 saturated carbocycles. The maximum Gasteiger partial charge on any atom is 0.268 e. The van der Waals surface area contributed by atoms with Crippen molar-refractivity contribution in [3.05, 3.63) is 107 Å². The van der Waals surface area contributed by atoms with Crippen LogP contribution in [0.1, 0.15) is 58.8 Å². The summed E-state index contributed by atoms with van der Waals surface area (Å²) < 4.78 is 7.80. The highest BCUT2D eigenvalue weighted by Crippen LogP contribution is 2.40. The van der Waals surface area contributed by atoms with Crippen LogP contribution >= 0.6 is 0 Å². The van der Waals surface area contributed by atoms with Crippen LogP contribution in [-0.4, -0.2) is 67.4 Å². The number of para-hydroxylation sites is 1. The van der Waals surface area contributed by atoms with Crippen molar-refractivity contribution in [2.75, 3.05) is 45.9 Å². The van der Waals surface area contributed by atoms with Gasteiger partial charge in [0, 0.05) is 54.6 Å². The lowest BCUT2D eigenvalue weighted by Gasteiger charge is -2.26. The summed E-state index contributed by atoms with van der Waals surface area (Å²) in [5.41, 5.74) is 5.42. The normalized spacial score (nSPS) is 17.8. The van der Waals surface area contributed by atoms with Crippen molar-refractivity contribution in [3.63, 3.8) is 0 Å². The van der Waals surface area contributed by atoms with Gasteiger partial charge in [0.25, 0.3) is 5.91 Å². The first kappa shape index (κ1) is 27.7. The summed E-state index contributed by atoms with van der Waals surface area (Å²) in [5.74, 6) is -0.0309. The van der Waals surface area contributed by atoms with Crippen LogP contribution in [0.25, 0.3) is 10.9 Å². The Hall–Kier alpha value is -3.45. The number of nitrogens with zero attached hydrogens (tertiary/aromatic N) is 2. The molecule has 0 bridgehead atoms. The first-order valence-corrected chi connectivity index (χ1v) is 15.3. The summed E-state index contributed by atoms with van der Waals surface area (Å²) in [6.45, 7) is 7.06. The fraction of sp³-hybridized carbons (Fsp3) is 0.400. The Morgan fingerprint density at radius 1 is 0.902 bits per heavy atom. The Labute approximate surface area is 243 Å². The monoisotopic (exact) mass is 550 g/mol. The van der Waals surface area contributed by atoms with E-state index >= 15 is 0 Å². The molecular weight excluding hydrogens is 508 g/mol. The van der Waals surface area contributed by atoms with Crippen LogP contribution in [0.5, 0.6) is 0 Å². The molecule has 4 aromatic rings. The van der Waals surface area contributed by atoms with Crippen LogP contribution in [-0.2, 0) is 11.3 Å². The van der Waals surface area contributed by atoms with E-state index in [0.29, 0.717) is 12.6 Å². The van der Waals surface area contributed by atoms with Crippen molar-refractivity contribution in [3.8, 4) is 0 Å². The predicted molar refractivity (Wildman–Crippen MR) is 166 cm³/mol. The van der Waals surface area contributed by atoms with Gasteiger partial charge < -0.3 is 19.9 Å². The van der Waals surface area contributed by atoms with Gasteiger partial charge in [-0.2, -0.15) is 0 Å². The highest BCUT2D eigenvalue weighted by molar-refractivity contribution is 6.02. The molecule has 6 heteroatoms. The zero-order valence-corrected chi connectivity index (χ0v) is 23.9. The number of hydrogen-bond donors (Lipinski definition) is 2. The second kappa shape index (κ2) is 13.5. The summed E-state index contributed by atoms with van der Waals surface area (Å²) in [6, 6.07) is 30.4. The molecule has 41 heavy (non-hydrogen) atoms. The highest BCUT2D eigenvalue weighted by atomic mass is 16.5. The van der Waals surface area contributed by atoms with E-state index in [1.807, 2.05) is 0 Å². The fourth-order valence-electron chi connectivity index (χ4n) is 6.62. The lowest BCUT2D eigenvalue weighted by molar-refractivity contribution is 0.0374. The number of rotatable bonds is 11. The van der Waals surface area contributed by atoms with Crippen LogP contribution in [0.15, 0.2) is 84.9 Å². The van der Waals surface area contributed by atoms with Gasteiger partial charge >= 0.3 is 0 Å². The molecule has 1 atom stereocenters. The van der Waals surface area contributed by atoms with Crippen LogP contribution < -0.4 is 10.6 Å². The van der Waals surface area contributed by atoms with Crippen molar-refractivity contribution in [2.24, 2.45) is 0 Å². The second-order valence-corrected chi connectivity index (χ2v) is 11.3. The largest absolute Gasteiger partial charge is 0.379 e. The van der Waals surface area contributed by atoms with E-state index in [0.717, 1.165) is 80.9 Å². The van der Waals surface area contributed by atoms with Gasteiger partial charge in [-0.3, -0.25) is 9.69 Å². The van der Waals surface area contributed by atoms with Gasteiger partial charge in [-0.25, -0.2) is 0 Å². The minimum absolute atomic E-state index is 0.0226. The van der Waals surface area contributed by atoms with Crippen molar-refractivity contribution in [1.82, 2.24) is 20.1 Å². The molecule has 2 aliphatic heterocycles. The Kier molecular flexibility index (Phi) is 9.11. The van der Waals surface area contributed by atoms with E-state index in [-0.39, 0.29) is 11.8 Å². The first-order valence-electron chi connectivity index (χ1n) is 15.3. The molecular formula is C35H42N4O2. The minimum atomic E-state index is -0.0535. The molecule has 2 fully saturated rings. The van der Waals surface area contributed by atoms with Crippen LogP contribution in [0.3, 0.4) is 0 Å². The van der Waals surface area contributed by atoms with Crippen molar-refractivity contribution in [2.45, 2.75) is 44.2 Å². The maximum absolute atomic E-state index is 14.3. The number of carbonyl (C=O) groups is 1. The van der Waals surface area contributed by atoms with Gasteiger partial charge in [0.15, 0.2) is 0 Å². The average molecular weight is 551 g/mol. The molecule has 1 amide bonds. The molecule has 2 aliphatic rings. The smallest absolute Gasteiger partial charge is 0.268 e. The summed E-state index contributed by atoms with van der Waals surface area (Å²) in [7, 11) is 0. The summed E-state index contributed by atoms with van der Waals surface area (Å²) in [5, 5.41) is 8.14. The highest BCUT2D eigenvalue weighted by Gasteiger charge is 2.30. The number of fused-ring (bicyclic) bond motifs is 1. The van der Waals surface area contributed by atoms with E-state index in [1.54, 1.807) is 0 Å². The lowest BCUT2D eigenvalue weighted by atomic mass is 9.83. The summed E-state index contributed by atoms with van der Waals surface area (Å²) in [4.78, 5) is 16.7. The average Bonchev–Trinajstić information content (AvgIpc) is 3.66. The molecule has 2 N–H and O–H groups in total. The number of carbonyl (C=O) groups excluding carboxylic acids is 1. The van der Waals surface area contributed by atoms with Gasteiger partial charge in [-0.05, 0) is 56.0 Å². The Morgan fingerprint density at radius 3 is 2.27 bits per heavy atom. The quantitative estimate of drug-likeness (QED) is 0.245. The predicted octanol–water partition coefficient (Wildman–Crippen LogP) is 5.42. The molecule has 3 heterocycles. The third-order valence-corrected chi connectivity index (χ3v) is 8.68. The van der Waals surface area contributed by atoms with Crippen molar-refractivity contribution >= 4 is 16.8 Å². The van der Waals surface area contributed by atoms with E-state index in [9.17, 15) is 4.79 Å². The molecule has 2 saturated heterocycles. The Balaban J connectivity index is 1.39. The number of benzene rings is 3. The van der Waals surface area contributed by atoms with E-state index in [2.05, 4.69) is 105 Å². The number of aromatic nitrogens is 1. The zero-order valence-electron chi connectivity index (χ0n) is 23.9. The van der Waals surface area contributed by atoms with Crippen molar-refractivity contribution < 1.29 is 9.53 Å². The van der Waals surface area contributed by atoms with Crippen LogP contribution in [0, 0.1) is 0 Å². The topological polar surface area (TPSA) is 58.5 Å².